The highest BCUT2D eigenvalue weighted by molar-refractivity contribution is 5.91. The zero-order valence-electron chi connectivity index (χ0n) is 14.3. The molecule has 3 rings (SSSR count). The Hall–Kier alpha value is -3.24. The third-order valence-electron chi connectivity index (χ3n) is 3.38. The molecule has 0 atom stereocenters. The molecule has 0 saturated carbocycles. The van der Waals surface area contributed by atoms with Crippen LogP contribution in [0.3, 0.4) is 0 Å². The van der Waals surface area contributed by atoms with E-state index < -0.39 is 12.1 Å². The molecule has 0 unspecified atom stereocenters. The molecule has 0 aliphatic carbocycles. The maximum Gasteiger partial charge on any atom is 0.490 e. The third-order valence-corrected chi connectivity index (χ3v) is 3.38. The van der Waals surface area contributed by atoms with Crippen molar-refractivity contribution in [3.63, 3.8) is 0 Å². The molecule has 1 aliphatic rings. The Kier molecular flexibility index (Phi) is 5.93. The van der Waals surface area contributed by atoms with Crippen molar-refractivity contribution in [2.75, 3.05) is 13.8 Å². The second-order valence-corrected chi connectivity index (χ2v) is 5.53. The van der Waals surface area contributed by atoms with Gasteiger partial charge >= 0.3 is 12.1 Å². The summed E-state index contributed by atoms with van der Waals surface area (Å²) < 4.78 is 42.3. The molecule has 1 aromatic carbocycles. The number of aliphatic carboxylic acids is 1. The first-order valence-corrected chi connectivity index (χ1v) is 7.53. The molecule has 0 fully saturated rings. The van der Waals surface area contributed by atoms with Crippen molar-refractivity contribution in [2.45, 2.75) is 19.6 Å². The lowest BCUT2D eigenvalue weighted by Gasteiger charge is -2.16. The van der Waals surface area contributed by atoms with Crippen LogP contribution in [0.25, 0.3) is 0 Å². The van der Waals surface area contributed by atoms with Gasteiger partial charge in [-0.3, -0.25) is 4.79 Å². The molecule has 146 valence electrons. The van der Waals surface area contributed by atoms with E-state index in [1.807, 2.05) is 25.1 Å². The second-order valence-electron chi connectivity index (χ2n) is 5.53. The average Bonchev–Trinajstić information content (AvgIpc) is 3.22. The number of aromatic amines is 1. The van der Waals surface area contributed by atoms with E-state index in [1.54, 1.807) is 18.1 Å². The molecule has 27 heavy (non-hydrogen) atoms. The van der Waals surface area contributed by atoms with Gasteiger partial charge in [-0.2, -0.15) is 13.2 Å². The number of fused-ring (bicyclic) bond motifs is 1. The summed E-state index contributed by atoms with van der Waals surface area (Å²) in [5.74, 6) is -0.659. The lowest BCUT2D eigenvalue weighted by molar-refractivity contribution is -0.192. The van der Waals surface area contributed by atoms with Crippen LogP contribution in [0.2, 0.25) is 0 Å². The number of hydrogen-bond donors (Lipinski definition) is 2. The molecule has 2 heterocycles. The van der Waals surface area contributed by atoms with Crippen LogP contribution in [0, 0.1) is 6.92 Å². The maximum absolute atomic E-state index is 12.2. The number of carboxylic acids is 1. The van der Waals surface area contributed by atoms with Gasteiger partial charge in [0.25, 0.3) is 5.91 Å². The molecular weight excluding hydrogens is 371 g/mol. The maximum atomic E-state index is 12.2. The number of benzene rings is 1. The summed E-state index contributed by atoms with van der Waals surface area (Å²) in [5.41, 5.74) is 1.48. The van der Waals surface area contributed by atoms with Crippen LogP contribution in [-0.2, 0) is 11.3 Å². The predicted octanol–water partition coefficient (Wildman–Crippen LogP) is 2.35. The van der Waals surface area contributed by atoms with Crippen LogP contribution in [0.1, 0.15) is 21.9 Å². The van der Waals surface area contributed by atoms with Crippen LogP contribution in [-0.4, -0.2) is 51.9 Å². The number of amides is 1. The molecule has 1 aliphatic heterocycles. The highest BCUT2D eigenvalue weighted by Crippen LogP contribution is 2.32. The average molecular weight is 387 g/mol. The lowest BCUT2D eigenvalue weighted by Crippen LogP contribution is -2.26. The number of H-pyrrole nitrogens is 1. The number of rotatable bonds is 3. The lowest BCUT2D eigenvalue weighted by atomic mass is 10.2. The number of nitrogens with zero attached hydrogens (tertiary/aromatic N) is 2. The fourth-order valence-electron chi connectivity index (χ4n) is 2.12. The van der Waals surface area contributed by atoms with Gasteiger partial charge in [-0.05, 0) is 24.6 Å². The summed E-state index contributed by atoms with van der Waals surface area (Å²) in [6, 6.07) is 5.68. The van der Waals surface area contributed by atoms with E-state index in [0.29, 0.717) is 12.2 Å². The number of ether oxygens (including phenoxy) is 2. The molecule has 1 aromatic heterocycles. The van der Waals surface area contributed by atoms with E-state index in [9.17, 15) is 18.0 Å². The summed E-state index contributed by atoms with van der Waals surface area (Å²) >= 11 is 0. The monoisotopic (exact) mass is 387 g/mol. The molecule has 2 N–H and O–H groups in total. The minimum Gasteiger partial charge on any atom is -0.475 e. The van der Waals surface area contributed by atoms with Crippen molar-refractivity contribution >= 4 is 11.9 Å². The summed E-state index contributed by atoms with van der Waals surface area (Å²) in [4.78, 5) is 29.7. The quantitative estimate of drug-likeness (QED) is 0.838. The standard InChI is InChI=1S/C14H15N3O3.C2HF3O2/c1-9-15-6-11(16-9)14(18)17(2)7-10-3-4-12-13(5-10)20-8-19-12;3-2(4,5)1(6)7/h3-6H,7-8H2,1-2H3,(H,15,16);(H,6,7). The van der Waals surface area contributed by atoms with Gasteiger partial charge in [0.05, 0.1) is 6.20 Å². The number of carbonyl (C=O) groups is 2. The molecule has 1 amide bonds. The zero-order chi connectivity index (χ0) is 20.2. The van der Waals surface area contributed by atoms with Gasteiger partial charge in [-0.25, -0.2) is 9.78 Å². The summed E-state index contributed by atoms with van der Waals surface area (Å²) in [7, 11) is 1.75. The van der Waals surface area contributed by atoms with Crippen molar-refractivity contribution in [2.24, 2.45) is 0 Å². The summed E-state index contributed by atoms with van der Waals surface area (Å²) in [5, 5.41) is 7.12. The Balaban J connectivity index is 0.000000321. The zero-order valence-corrected chi connectivity index (χ0v) is 14.3. The number of halogens is 3. The SMILES string of the molecule is Cc1ncc(C(=O)N(C)Cc2ccc3c(c2)OCO3)[nH]1.O=C(O)C(F)(F)F. The topological polar surface area (TPSA) is 105 Å². The molecule has 8 nitrogen and oxygen atoms in total. The van der Waals surface area contributed by atoms with E-state index in [-0.39, 0.29) is 12.7 Å². The fraction of sp³-hybridized carbons (Fsp3) is 0.312. The number of aryl methyl sites for hydroxylation is 1. The van der Waals surface area contributed by atoms with Crippen LogP contribution in [0.5, 0.6) is 11.5 Å². The van der Waals surface area contributed by atoms with Crippen LogP contribution in [0.4, 0.5) is 13.2 Å². The number of alkyl halides is 3. The second kappa shape index (κ2) is 7.98. The van der Waals surface area contributed by atoms with Crippen LogP contribution in [0.15, 0.2) is 24.4 Å². The summed E-state index contributed by atoms with van der Waals surface area (Å²) in [6.45, 7) is 2.56. The minimum absolute atomic E-state index is 0.0942. The minimum atomic E-state index is -5.08. The first-order valence-electron chi connectivity index (χ1n) is 7.53. The van der Waals surface area contributed by atoms with Crippen molar-refractivity contribution in [3.05, 3.63) is 41.5 Å². The third kappa shape index (κ3) is 5.36. The van der Waals surface area contributed by atoms with Gasteiger partial charge in [-0.1, -0.05) is 6.07 Å². The number of hydrogen-bond acceptors (Lipinski definition) is 5. The van der Waals surface area contributed by atoms with Crippen molar-refractivity contribution in [1.29, 1.82) is 0 Å². The Morgan fingerprint density at radius 1 is 1.30 bits per heavy atom. The molecule has 11 heteroatoms. The van der Waals surface area contributed by atoms with Gasteiger partial charge < -0.3 is 24.5 Å². The number of imidazole rings is 1. The Morgan fingerprint density at radius 2 is 1.93 bits per heavy atom. The van der Waals surface area contributed by atoms with Crippen LogP contribution < -0.4 is 9.47 Å². The fourth-order valence-corrected chi connectivity index (χ4v) is 2.12. The number of carboxylic acid groups (broad SMARTS) is 1. The molecule has 0 spiro atoms. The summed E-state index contributed by atoms with van der Waals surface area (Å²) in [6.07, 6.45) is -3.53. The number of nitrogens with one attached hydrogen (secondary N) is 1. The van der Waals surface area contributed by atoms with Crippen molar-refractivity contribution in [3.8, 4) is 11.5 Å². The van der Waals surface area contributed by atoms with Gasteiger partial charge in [0.2, 0.25) is 6.79 Å². The van der Waals surface area contributed by atoms with Gasteiger partial charge in [0.15, 0.2) is 11.5 Å². The van der Waals surface area contributed by atoms with Gasteiger partial charge in [0.1, 0.15) is 11.5 Å². The normalized spacial score (nSPS) is 12.2. The Labute approximate surface area is 151 Å². The van der Waals surface area contributed by atoms with E-state index in [1.165, 1.54) is 0 Å². The largest absolute Gasteiger partial charge is 0.490 e. The van der Waals surface area contributed by atoms with Crippen molar-refractivity contribution < 1.29 is 37.3 Å². The molecule has 0 radical (unpaired) electrons. The van der Waals surface area contributed by atoms with Crippen LogP contribution >= 0.6 is 0 Å². The molecular formula is C16H16F3N3O5. The van der Waals surface area contributed by atoms with E-state index in [4.69, 9.17) is 19.4 Å². The predicted molar refractivity (Wildman–Crippen MR) is 85.4 cm³/mol. The smallest absolute Gasteiger partial charge is 0.475 e. The van der Waals surface area contributed by atoms with E-state index in [2.05, 4.69) is 9.97 Å². The highest BCUT2D eigenvalue weighted by atomic mass is 19.4. The van der Waals surface area contributed by atoms with E-state index >= 15 is 0 Å². The molecule has 0 saturated heterocycles. The first kappa shape index (κ1) is 20.1. The molecule has 2 aromatic rings. The van der Waals surface area contributed by atoms with E-state index in [0.717, 1.165) is 22.9 Å². The number of aromatic nitrogens is 2. The highest BCUT2D eigenvalue weighted by Gasteiger charge is 2.38. The number of carbonyl (C=O) groups excluding carboxylic acids is 1. The van der Waals surface area contributed by atoms with Gasteiger partial charge in [0, 0.05) is 13.6 Å². The van der Waals surface area contributed by atoms with Crippen molar-refractivity contribution in [1.82, 2.24) is 14.9 Å². The Bertz CT molecular complexity index is 835. The van der Waals surface area contributed by atoms with Gasteiger partial charge in [-0.15, -0.1) is 0 Å². The first-order chi connectivity index (χ1) is 12.6. The molecule has 0 bridgehead atoms. The Morgan fingerprint density at radius 3 is 2.48 bits per heavy atom.